The lowest BCUT2D eigenvalue weighted by molar-refractivity contribution is 0.0856. The molecule has 1 amide bonds. The van der Waals surface area contributed by atoms with E-state index < -0.39 is 0 Å². The molecule has 0 spiro atoms. The van der Waals surface area contributed by atoms with Crippen molar-refractivity contribution in [1.82, 2.24) is 9.88 Å². The van der Waals surface area contributed by atoms with Gasteiger partial charge in [-0.2, -0.15) is 0 Å². The van der Waals surface area contributed by atoms with E-state index in [2.05, 4.69) is 38.1 Å². The summed E-state index contributed by atoms with van der Waals surface area (Å²) in [4.78, 5) is 19.4. The molecule has 1 saturated heterocycles. The number of nitrogens with zero attached hydrogens (tertiary/aromatic N) is 2. The molecule has 0 N–H and O–H groups in total. The topological polar surface area (TPSA) is 64.8 Å². The molecule has 1 aliphatic rings. The Labute approximate surface area is 224 Å². The highest BCUT2D eigenvalue weighted by Crippen LogP contribution is 2.38. The number of aromatic nitrogens is 1. The molecule has 5 rings (SSSR count). The number of oxazole rings is 1. The van der Waals surface area contributed by atoms with Crippen molar-refractivity contribution in [2.45, 2.75) is 45.1 Å². The van der Waals surface area contributed by atoms with Crippen molar-refractivity contribution in [2.24, 2.45) is 0 Å². The van der Waals surface area contributed by atoms with E-state index in [0.29, 0.717) is 19.0 Å². The highest BCUT2D eigenvalue weighted by molar-refractivity contribution is 5.77. The minimum Gasteiger partial charge on any atom is -0.497 e. The Hall–Kier alpha value is -4.06. The average Bonchev–Trinajstić information content (AvgIpc) is 3.42. The molecule has 38 heavy (non-hydrogen) atoms. The molecule has 1 fully saturated rings. The average molecular weight is 511 g/mol. The largest absolute Gasteiger partial charge is 0.497 e. The zero-order chi connectivity index (χ0) is 26.5. The number of methoxy groups -OCH3 is 1. The Morgan fingerprint density at radius 3 is 2.24 bits per heavy atom. The van der Waals surface area contributed by atoms with Crippen LogP contribution in [-0.2, 0) is 11.3 Å². The summed E-state index contributed by atoms with van der Waals surface area (Å²) in [6, 6.07) is 26.2. The first kappa shape index (κ1) is 25.6. The van der Waals surface area contributed by atoms with E-state index in [4.69, 9.17) is 18.9 Å². The zero-order valence-corrected chi connectivity index (χ0v) is 22.2. The van der Waals surface area contributed by atoms with Crippen molar-refractivity contribution in [2.75, 3.05) is 20.2 Å². The minimum atomic E-state index is -0.274. The van der Waals surface area contributed by atoms with Gasteiger partial charge in [-0.25, -0.2) is 9.78 Å². The van der Waals surface area contributed by atoms with Crippen molar-refractivity contribution in [3.63, 3.8) is 0 Å². The molecule has 1 aliphatic heterocycles. The molecule has 1 aromatic heterocycles. The van der Waals surface area contributed by atoms with Crippen molar-refractivity contribution >= 4 is 6.09 Å². The number of benzene rings is 3. The summed E-state index contributed by atoms with van der Waals surface area (Å²) in [6.45, 7) is 5.88. The Morgan fingerprint density at radius 2 is 1.61 bits per heavy atom. The summed E-state index contributed by atoms with van der Waals surface area (Å²) >= 11 is 0. The number of hydrogen-bond donors (Lipinski definition) is 0. The molecule has 0 radical (unpaired) electrons. The Bertz CT molecular complexity index is 1340. The lowest BCUT2D eigenvalue weighted by Gasteiger charge is -2.29. The standard InChI is InChI=1S/C32H34N2O4/c1-22(2)24-9-11-25(12-10-24)29-30(26-13-15-28(36-3)16-14-26)38-31(33-29)27-17-19-34(20-18-27)32(35)37-21-23-7-5-4-6-8-23/h4-16,22,27H,17-21H2,1-3H3. The lowest BCUT2D eigenvalue weighted by Crippen LogP contribution is -2.38. The third kappa shape index (κ3) is 5.75. The zero-order valence-electron chi connectivity index (χ0n) is 22.2. The van der Waals surface area contributed by atoms with Crippen LogP contribution in [0.25, 0.3) is 22.6 Å². The van der Waals surface area contributed by atoms with E-state index in [1.165, 1.54) is 5.56 Å². The summed E-state index contributed by atoms with van der Waals surface area (Å²) in [7, 11) is 1.66. The summed E-state index contributed by atoms with van der Waals surface area (Å²) in [5.41, 5.74) is 5.09. The maximum atomic E-state index is 12.6. The number of piperidine rings is 1. The summed E-state index contributed by atoms with van der Waals surface area (Å²) in [5.74, 6) is 2.86. The van der Waals surface area contributed by atoms with Gasteiger partial charge in [-0.3, -0.25) is 0 Å². The van der Waals surface area contributed by atoms with Crippen LogP contribution < -0.4 is 4.74 Å². The van der Waals surface area contributed by atoms with E-state index in [0.717, 1.165) is 52.6 Å². The van der Waals surface area contributed by atoms with Crippen LogP contribution in [0, 0.1) is 0 Å². The van der Waals surface area contributed by atoms with Crippen molar-refractivity contribution < 1.29 is 18.7 Å². The second kappa shape index (κ2) is 11.5. The van der Waals surface area contributed by atoms with Crippen LogP contribution in [0.3, 0.4) is 0 Å². The highest BCUT2D eigenvalue weighted by atomic mass is 16.6. The van der Waals surface area contributed by atoms with Gasteiger partial charge in [0.15, 0.2) is 11.7 Å². The molecule has 0 unspecified atom stereocenters. The van der Waals surface area contributed by atoms with Crippen molar-refractivity contribution in [3.8, 4) is 28.3 Å². The van der Waals surface area contributed by atoms with E-state index in [1.807, 2.05) is 54.6 Å². The molecule has 3 aromatic carbocycles. The number of ether oxygens (including phenoxy) is 2. The van der Waals surface area contributed by atoms with Crippen molar-refractivity contribution in [3.05, 3.63) is 95.9 Å². The van der Waals surface area contributed by atoms with Crippen LogP contribution in [0.2, 0.25) is 0 Å². The second-order valence-corrected chi connectivity index (χ2v) is 10.0. The maximum Gasteiger partial charge on any atom is 0.410 e. The number of rotatable bonds is 7. The van der Waals surface area contributed by atoms with Crippen LogP contribution >= 0.6 is 0 Å². The Balaban J connectivity index is 1.33. The molecule has 0 atom stereocenters. The monoisotopic (exact) mass is 510 g/mol. The normalized spacial score (nSPS) is 14.1. The molecule has 4 aromatic rings. The first-order valence-electron chi connectivity index (χ1n) is 13.2. The molecular formula is C32H34N2O4. The SMILES string of the molecule is COc1ccc(-c2oc(C3CCN(C(=O)OCc4ccccc4)CC3)nc2-c2ccc(C(C)C)cc2)cc1. The smallest absolute Gasteiger partial charge is 0.410 e. The number of likely N-dealkylation sites (tertiary alicyclic amines) is 1. The molecule has 196 valence electrons. The van der Waals surface area contributed by atoms with Gasteiger partial charge in [0.25, 0.3) is 0 Å². The molecule has 6 nitrogen and oxygen atoms in total. The van der Waals surface area contributed by atoms with Crippen LogP contribution in [0.1, 0.15) is 55.5 Å². The van der Waals surface area contributed by atoms with Gasteiger partial charge in [0.1, 0.15) is 18.1 Å². The predicted molar refractivity (Wildman–Crippen MR) is 148 cm³/mol. The van der Waals surface area contributed by atoms with E-state index in [1.54, 1.807) is 12.0 Å². The Morgan fingerprint density at radius 1 is 0.947 bits per heavy atom. The van der Waals surface area contributed by atoms with Gasteiger partial charge in [-0.1, -0.05) is 68.4 Å². The first-order chi connectivity index (χ1) is 18.5. The van der Waals surface area contributed by atoms with Gasteiger partial charge in [0, 0.05) is 30.1 Å². The van der Waals surface area contributed by atoms with Crippen LogP contribution in [0.15, 0.2) is 83.3 Å². The highest BCUT2D eigenvalue weighted by Gasteiger charge is 2.29. The summed E-state index contributed by atoms with van der Waals surface area (Å²) in [6.07, 6.45) is 1.27. The van der Waals surface area contributed by atoms with E-state index >= 15 is 0 Å². The van der Waals surface area contributed by atoms with Crippen LogP contribution in [0.4, 0.5) is 4.79 Å². The van der Waals surface area contributed by atoms with E-state index in [-0.39, 0.29) is 18.6 Å². The molecule has 6 heteroatoms. The van der Waals surface area contributed by atoms with E-state index in [9.17, 15) is 4.79 Å². The molecule has 2 heterocycles. The third-order valence-electron chi connectivity index (χ3n) is 7.15. The van der Waals surface area contributed by atoms with Gasteiger partial charge in [-0.05, 0) is 54.2 Å². The fourth-order valence-electron chi connectivity index (χ4n) is 4.79. The lowest BCUT2D eigenvalue weighted by atomic mass is 9.97. The van der Waals surface area contributed by atoms with Crippen LogP contribution in [0.5, 0.6) is 5.75 Å². The van der Waals surface area contributed by atoms with Gasteiger partial charge >= 0.3 is 6.09 Å². The first-order valence-corrected chi connectivity index (χ1v) is 13.2. The predicted octanol–water partition coefficient (Wildman–Crippen LogP) is 7.66. The number of carbonyl (C=O) groups excluding carboxylic acids is 1. The number of carbonyl (C=O) groups is 1. The molecule has 0 aliphatic carbocycles. The fourth-order valence-corrected chi connectivity index (χ4v) is 4.79. The third-order valence-corrected chi connectivity index (χ3v) is 7.15. The van der Waals surface area contributed by atoms with Gasteiger partial charge < -0.3 is 18.8 Å². The molecule has 0 bridgehead atoms. The van der Waals surface area contributed by atoms with Crippen molar-refractivity contribution in [1.29, 1.82) is 0 Å². The summed E-state index contributed by atoms with van der Waals surface area (Å²) in [5, 5.41) is 0. The molecular weight excluding hydrogens is 476 g/mol. The quantitative estimate of drug-likeness (QED) is 0.255. The fraction of sp³-hybridized carbons (Fsp3) is 0.312. The number of amides is 1. The number of hydrogen-bond acceptors (Lipinski definition) is 5. The van der Waals surface area contributed by atoms with Gasteiger partial charge in [-0.15, -0.1) is 0 Å². The van der Waals surface area contributed by atoms with Crippen LogP contribution in [-0.4, -0.2) is 36.2 Å². The second-order valence-electron chi connectivity index (χ2n) is 10.0. The van der Waals surface area contributed by atoms with Gasteiger partial charge in [0.05, 0.1) is 7.11 Å². The minimum absolute atomic E-state index is 0.133. The Kier molecular flexibility index (Phi) is 7.78. The molecule has 0 saturated carbocycles. The van der Waals surface area contributed by atoms with Gasteiger partial charge in [0.2, 0.25) is 0 Å². The summed E-state index contributed by atoms with van der Waals surface area (Å²) < 4.78 is 17.3. The maximum absolute atomic E-state index is 12.6.